The third-order valence-corrected chi connectivity index (χ3v) is 8.42. The van der Waals surface area contributed by atoms with Crippen LogP contribution in [0.3, 0.4) is 0 Å². The fraction of sp³-hybridized carbons (Fsp3) is 0.714. The Morgan fingerprint density at radius 2 is 2.03 bits per heavy atom. The normalized spacial score (nSPS) is 30.3. The van der Waals surface area contributed by atoms with Crippen LogP contribution in [0.2, 0.25) is 0 Å². The Morgan fingerprint density at radius 3 is 2.67 bits per heavy atom. The Labute approximate surface area is 178 Å². The van der Waals surface area contributed by atoms with Gasteiger partial charge in [-0.05, 0) is 44.6 Å². The Balaban J connectivity index is 1.50. The van der Waals surface area contributed by atoms with Crippen molar-refractivity contribution in [3.05, 3.63) is 23.9 Å². The van der Waals surface area contributed by atoms with Gasteiger partial charge in [0.1, 0.15) is 5.82 Å². The molecule has 9 heteroatoms. The molecule has 1 spiro atoms. The van der Waals surface area contributed by atoms with Gasteiger partial charge < -0.3 is 10.0 Å². The minimum Gasteiger partial charge on any atom is -0.465 e. The number of hydrogen-bond donors (Lipinski definition) is 1. The van der Waals surface area contributed by atoms with Crippen molar-refractivity contribution < 1.29 is 18.3 Å². The molecule has 0 bridgehead atoms. The molecule has 1 amide bonds. The number of hydrogen-bond acceptors (Lipinski definition) is 5. The number of fused-ring (bicyclic) bond motifs is 2. The molecule has 0 aromatic carbocycles. The van der Waals surface area contributed by atoms with Gasteiger partial charge in [0.25, 0.3) is 0 Å². The van der Waals surface area contributed by atoms with Crippen molar-refractivity contribution in [3.8, 4) is 0 Å². The summed E-state index contributed by atoms with van der Waals surface area (Å²) in [5, 5.41) is 9.53. The Bertz CT molecular complexity index is 898. The van der Waals surface area contributed by atoms with Crippen LogP contribution in [0.4, 0.5) is 10.6 Å². The van der Waals surface area contributed by atoms with E-state index >= 15 is 0 Å². The minimum absolute atomic E-state index is 0.0398. The molecule has 1 aliphatic carbocycles. The molecule has 1 atom stereocenters. The van der Waals surface area contributed by atoms with Crippen molar-refractivity contribution >= 4 is 21.9 Å². The second kappa shape index (κ2) is 8.00. The smallest absolute Gasteiger partial charge is 0.407 e. The average molecular weight is 437 g/mol. The Kier molecular flexibility index (Phi) is 5.69. The molecular weight excluding hydrogens is 404 g/mol. The van der Waals surface area contributed by atoms with Crippen molar-refractivity contribution in [1.29, 1.82) is 0 Å². The van der Waals surface area contributed by atoms with Crippen LogP contribution in [-0.4, -0.2) is 78.9 Å². The van der Waals surface area contributed by atoms with Gasteiger partial charge in [0.05, 0.1) is 6.26 Å². The van der Waals surface area contributed by atoms with E-state index in [1.165, 1.54) is 10.6 Å². The molecular formula is C21H32N4O4S. The first-order valence-corrected chi connectivity index (χ1v) is 12.8. The van der Waals surface area contributed by atoms with E-state index in [4.69, 9.17) is 0 Å². The Morgan fingerprint density at radius 1 is 1.30 bits per heavy atom. The van der Waals surface area contributed by atoms with Crippen LogP contribution in [0.1, 0.15) is 51.0 Å². The molecule has 1 saturated heterocycles. The third kappa shape index (κ3) is 3.77. The molecule has 1 saturated carbocycles. The zero-order valence-electron chi connectivity index (χ0n) is 17.8. The third-order valence-electron chi connectivity index (χ3n) is 7.32. The van der Waals surface area contributed by atoms with Gasteiger partial charge in [-0.2, -0.15) is 0 Å². The largest absolute Gasteiger partial charge is 0.465 e. The van der Waals surface area contributed by atoms with Crippen molar-refractivity contribution in [2.45, 2.75) is 62.9 Å². The number of carbonyl (C=O) groups is 1. The van der Waals surface area contributed by atoms with Crippen molar-refractivity contribution in [3.63, 3.8) is 0 Å². The summed E-state index contributed by atoms with van der Waals surface area (Å²) in [7, 11) is -3.36. The summed E-state index contributed by atoms with van der Waals surface area (Å²) in [6.45, 7) is 4.85. The van der Waals surface area contributed by atoms with E-state index in [9.17, 15) is 18.3 Å². The molecule has 166 valence electrons. The number of amides is 1. The first-order valence-electron chi connectivity index (χ1n) is 10.9. The van der Waals surface area contributed by atoms with Gasteiger partial charge in [-0.15, -0.1) is 0 Å². The Hall–Kier alpha value is -1.87. The maximum atomic E-state index is 12.4. The summed E-state index contributed by atoms with van der Waals surface area (Å²) < 4.78 is 26.2. The molecule has 4 rings (SSSR count). The average Bonchev–Trinajstić information content (AvgIpc) is 2.88. The number of sulfonamides is 1. The lowest BCUT2D eigenvalue weighted by Crippen LogP contribution is -2.48. The maximum Gasteiger partial charge on any atom is 0.407 e. The summed E-state index contributed by atoms with van der Waals surface area (Å²) in [4.78, 5) is 20.1. The topological polar surface area (TPSA) is 94.1 Å². The second-order valence-corrected chi connectivity index (χ2v) is 10.9. The highest BCUT2D eigenvalue weighted by Crippen LogP contribution is 2.49. The highest BCUT2D eigenvalue weighted by Gasteiger charge is 2.48. The molecule has 2 aliphatic heterocycles. The fourth-order valence-corrected chi connectivity index (χ4v) is 6.63. The van der Waals surface area contributed by atoms with E-state index in [0.29, 0.717) is 24.9 Å². The highest BCUT2D eigenvalue weighted by molar-refractivity contribution is 7.92. The van der Waals surface area contributed by atoms with E-state index in [0.717, 1.165) is 57.2 Å². The van der Waals surface area contributed by atoms with E-state index in [-0.39, 0.29) is 11.5 Å². The molecule has 3 heterocycles. The first kappa shape index (κ1) is 21.4. The highest BCUT2D eigenvalue weighted by atomic mass is 32.2. The minimum atomic E-state index is -3.36. The summed E-state index contributed by atoms with van der Waals surface area (Å²) in [6.07, 6.45) is 7.63. The van der Waals surface area contributed by atoms with Gasteiger partial charge >= 0.3 is 6.09 Å². The summed E-state index contributed by atoms with van der Waals surface area (Å²) >= 11 is 0. The van der Waals surface area contributed by atoms with Crippen LogP contribution in [-0.2, 0) is 15.4 Å². The number of rotatable bonds is 3. The fourth-order valence-electron chi connectivity index (χ4n) is 5.69. The predicted octanol–water partition coefficient (Wildman–Crippen LogP) is 2.51. The zero-order valence-corrected chi connectivity index (χ0v) is 18.6. The van der Waals surface area contributed by atoms with E-state index in [1.807, 2.05) is 12.1 Å². The van der Waals surface area contributed by atoms with Gasteiger partial charge in [0.15, 0.2) is 0 Å². The second-order valence-electron chi connectivity index (χ2n) is 9.04. The van der Waals surface area contributed by atoms with Crippen LogP contribution in [0, 0.1) is 0 Å². The predicted molar refractivity (Wildman–Crippen MR) is 115 cm³/mol. The van der Waals surface area contributed by atoms with Gasteiger partial charge in [0, 0.05) is 55.4 Å². The summed E-state index contributed by atoms with van der Waals surface area (Å²) in [6, 6.07) is 4.40. The van der Waals surface area contributed by atoms with Crippen LogP contribution in [0.25, 0.3) is 0 Å². The van der Waals surface area contributed by atoms with E-state index in [2.05, 4.69) is 16.8 Å². The summed E-state index contributed by atoms with van der Waals surface area (Å²) in [5.41, 5.74) is 0.903. The van der Waals surface area contributed by atoms with E-state index < -0.39 is 16.1 Å². The monoisotopic (exact) mass is 436 g/mol. The molecule has 30 heavy (non-hydrogen) atoms. The van der Waals surface area contributed by atoms with Crippen LogP contribution >= 0.6 is 0 Å². The lowest BCUT2D eigenvalue weighted by Gasteiger charge is -2.42. The van der Waals surface area contributed by atoms with E-state index in [1.54, 1.807) is 11.1 Å². The molecule has 1 N–H and O–H groups in total. The maximum absolute atomic E-state index is 12.4. The number of carboxylic acid groups (broad SMARTS) is 1. The lowest BCUT2D eigenvalue weighted by atomic mass is 9.69. The van der Waals surface area contributed by atoms with Gasteiger partial charge in [0.2, 0.25) is 10.0 Å². The van der Waals surface area contributed by atoms with Crippen LogP contribution in [0.5, 0.6) is 0 Å². The molecule has 2 fully saturated rings. The molecule has 1 aromatic rings. The van der Waals surface area contributed by atoms with Crippen LogP contribution in [0.15, 0.2) is 18.3 Å². The molecule has 1 unspecified atom stereocenters. The zero-order chi connectivity index (χ0) is 21.5. The van der Waals surface area contributed by atoms with Gasteiger partial charge in [-0.3, -0.25) is 9.21 Å². The number of nitrogens with zero attached hydrogens (tertiary/aromatic N) is 4. The van der Waals surface area contributed by atoms with Crippen molar-refractivity contribution in [1.82, 2.24) is 14.8 Å². The van der Waals surface area contributed by atoms with Crippen LogP contribution < -0.4 is 4.31 Å². The standard InChI is InChI=1S/C21H32N4O4S/c1-3-16-14-23(12-5-13-24(16)20(26)27)17-7-9-21(10-8-17)15-25(30(2,28)29)19-18(21)6-4-11-22-19/h4,6,11,16-17H,3,5,7-10,12-15H2,1-2H3,(H,26,27). The SMILES string of the molecule is CCC1CN(C2CCC3(CC2)CN(S(C)(=O)=O)c2ncccc23)CCCN1C(=O)O. The quantitative estimate of drug-likeness (QED) is 0.782. The van der Waals surface area contributed by atoms with Gasteiger partial charge in [-0.25, -0.2) is 18.2 Å². The molecule has 8 nitrogen and oxygen atoms in total. The molecule has 3 aliphatic rings. The van der Waals surface area contributed by atoms with Crippen molar-refractivity contribution in [2.75, 3.05) is 36.7 Å². The number of pyridine rings is 1. The first-order chi connectivity index (χ1) is 14.2. The molecule has 1 aromatic heterocycles. The molecule has 0 radical (unpaired) electrons. The number of aromatic nitrogens is 1. The van der Waals surface area contributed by atoms with Crippen molar-refractivity contribution in [2.24, 2.45) is 0 Å². The lowest BCUT2D eigenvalue weighted by molar-refractivity contribution is 0.0980. The van der Waals surface area contributed by atoms with Gasteiger partial charge in [-0.1, -0.05) is 13.0 Å². The summed E-state index contributed by atoms with van der Waals surface area (Å²) in [5.74, 6) is 0.594. The number of anilines is 1.